The molecule has 0 radical (unpaired) electrons. The van der Waals surface area contributed by atoms with Crippen LogP contribution >= 0.6 is 0 Å². The van der Waals surface area contributed by atoms with Crippen molar-refractivity contribution in [2.45, 2.75) is 103 Å². The van der Waals surface area contributed by atoms with Gasteiger partial charge in [-0.25, -0.2) is 0 Å². The Bertz CT molecular complexity index is 601. The molecule has 0 aliphatic heterocycles. The highest BCUT2D eigenvalue weighted by molar-refractivity contribution is 5.82. The number of benzene rings is 1. The summed E-state index contributed by atoms with van der Waals surface area (Å²) in [5.74, 6) is 0.404. The molecule has 1 aromatic carbocycles. The fourth-order valence-electron chi connectivity index (χ4n) is 3.90. The second-order valence-electron chi connectivity index (χ2n) is 7.81. The number of hydrogen-bond acceptors (Lipinski definition) is 1. The summed E-state index contributed by atoms with van der Waals surface area (Å²) in [5, 5.41) is 11.2. The van der Waals surface area contributed by atoms with E-state index >= 15 is 0 Å². The lowest BCUT2D eigenvalue weighted by Crippen LogP contribution is -1.97. The molecule has 0 aliphatic carbocycles. The van der Waals surface area contributed by atoms with Crippen molar-refractivity contribution in [2.75, 3.05) is 0 Å². The Morgan fingerprint density at radius 2 is 1.19 bits per heavy atom. The smallest absolute Gasteiger partial charge is 0.192 e. The number of aromatic hydroxyl groups is 1. The van der Waals surface area contributed by atoms with Crippen molar-refractivity contribution in [1.29, 1.82) is 0 Å². The number of para-hydroxylation sites is 1. The summed E-state index contributed by atoms with van der Waals surface area (Å²) in [6.07, 6.45) is 19.3. The standard InChI is InChI=1S/C24H39NO/c1-2-3-4-5-6-7-8-9-10-11-12-13-14-17-20-25-23-19-16-15-18-22(23)21-24(25)26/h15-16,18-19,21,26H,2-14,17,20H2,1H3. The van der Waals surface area contributed by atoms with Gasteiger partial charge in [0.1, 0.15) is 0 Å². The fourth-order valence-corrected chi connectivity index (χ4v) is 3.90. The molecule has 26 heavy (non-hydrogen) atoms. The molecule has 0 saturated carbocycles. The molecule has 1 aromatic heterocycles. The first kappa shape index (κ1) is 20.9. The first-order chi connectivity index (χ1) is 12.8. The Balaban J connectivity index is 1.43. The summed E-state index contributed by atoms with van der Waals surface area (Å²) < 4.78 is 2.05. The van der Waals surface area contributed by atoms with Crippen molar-refractivity contribution >= 4 is 10.9 Å². The SMILES string of the molecule is CCCCCCCCCCCCCCCCn1c(O)cc2ccccc21. The van der Waals surface area contributed by atoms with Crippen LogP contribution < -0.4 is 0 Å². The molecule has 0 fully saturated rings. The molecule has 0 amide bonds. The molecule has 0 saturated heterocycles. The maximum atomic E-state index is 10.1. The van der Waals surface area contributed by atoms with Gasteiger partial charge in [0.2, 0.25) is 0 Å². The van der Waals surface area contributed by atoms with Gasteiger partial charge in [0.25, 0.3) is 0 Å². The molecule has 2 rings (SSSR count). The molecule has 0 spiro atoms. The van der Waals surface area contributed by atoms with E-state index in [-0.39, 0.29) is 0 Å². The number of hydrogen-bond donors (Lipinski definition) is 1. The van der Waals surface area contributed by atoms with Crippen molar-refractivity contribution in [3.8, 4) is 5.88 Å². The van der Waals surface area contributed by atoms with Gasteiger partial charge in [-0.3, -0.25) is 0 Å². The number of nitrogens with zero attached hydrogens (tertiary/aromatic N) is 1. The maximum Gasteiger partial charge on any atom is 0.192 e. The summed E-state index contributed by atoms with van der Waals surface area (Å²) in [6, 6.07) is 10.1. The van der Waals surface area contributed by atoms with Crippen molar-refractivity contribution in [3.05, 3.63) is 30.3 Å². The van der Waals surface area contributed by atoms with Crippen LogP contribution in [0.25, 0.3) is 10.9 Å². The van der Waals surface area contributed by atoms with E-state index in [0.717, 1.165) is 23.9 Å². The quantitative estimate of drug-likeness (QED) is 0.323. The van der Waals surface area contributed by atoms with Crippen LogP contribution in [0.1, 0.15) is 96.8 Å². The number of aromatic nitrogens is 1. The Hall–Kier alpha value is -1.44. The van der Waals surface area contributed by atoms with Gasteiger partial charge in [0.05, 0.1) is 5.52 Å². The van der Waals surface area contributed by atoms with Crippen LogP contribution in [-0.2, 0) is 6.54 Å². The van der Waals surface area contributed by atoms with Crippen LogP contribution in [0.15, 0.2) is 30.3 Å². The highest BCUT2D eigenvalue weighted by atomic mass is 16.3. The lowest BCUT2D eigenvalue weighted by Gasteiger charge is -2.07. The van der Waals surface area contributed by atoms with Crippen molar-refractivity contribution in [3.63, 3.8) is 0 Å². The van der Waals surface area contributed by atoms with Gasteiger partial charge in [0.15, 0.2) is 5.88 Å². The van der Waals surface area contributed by atoms with E-state index in [1.165, 1.54) is 83.5 Å². The van der Waals surface area contributed by atoms with Crippen LogP contribution in [0.3, 0.4) is 0 Å². The predicted molar refractivity (Wildman–Crippen MR) is 114 cm³/mol. The van der Waals surface area contributed by atoms with Crippen molar-refractivity contribution in [1.82, 2.24) is 4.57 Å². The average Bonchev–Trinajstić information content (AvgIpc) is 2.97. The third-order valence-corrected chi connectivity index (χ3v) is 5.52. The van der Waals surface area contributed by atoms with E-state index < -0.39 is 0 Å². The fraction of sp³-hybridized carbons (Fsp3) is 0.667. The van der Waals surface area contributed by atoms with Gasteiger partial charge in [-0.2, -0.15) is 0 Å². The summed E-state index contributed by atoms with van der Waals surface area (Å²) in [7, 11) is 0. The first-order valence-corrected chi connectivity index (χ1v) is 11.1. The molecule has 0 atom stereocenters. The largest absolute Gasteiger partial charge is 0.494 e. The van der Waals surface area contributed by atoms with E-state index in [0.29, 0.717) is 5.88 Å². The van der Waals surface area contributed by atoms with Crippen LogP contribution in [0.5, 0.6) is 5.88 Å². The maximum absolute atomic E-state index is 10.1. The molecule has 2 nitrogen and oxygen atoms in total. The molecular formula is C24H39NO. The highest BCUT2D eigenvalue weighted by Gasteiger charge is 2.06. The number of aryl methyl sites for hydroxylation is 1. The molecule has 1 heterocycles. The molecule has 0 aliphatic rings. The molecule has 2 aromatic rings. The lowest BCUT2D eigenvalue weighted by molar-refractivity contribution is 0.414. The van der Waals surface area contributed by atoms with Gasteiger partial charge >= 0.3 is 0 Å². The Labute approximate surface area is 160 Å². The van der Waals surface area contributed by atoms with Crippen LogP contribution in [0, 0.1) is 0 Å². The molecule has 1 N–H and O–H groups in total. The third kappa shape index (κ3) is 7.43. The van der Waals surface area contributed by atoms with Crippen molar-refractivity contribution in [2.24, 2.45) is 0 Å². The van der Waals surface area contributed by atoms with Gasteiger partial charge in [-0.05, 0) is 12.5 Å². The zero-order chi connectivity index (χ0) is 18.5. The number of fused-ring (bicyclic) bond motifs is 1. The van der Waals surface area contributed by atoms with Gasteiger partial charge in [-0.15, -0.1) is 0 Å². The Morgan fingerprint density at radius 3 is 1.77 bits per heavy atom. The first-order valence-electron chi connectivity index (χ1n) is 11.1. The lowest BCUT2D eigenvalue weighted by atomic mass is 10.0. The van der Waals surface area contributed by atoms with Crippen LogP contribution in [0.2, 0.25) is 0 Å². The van der Waals surface area contributed by atoms with Gasteiger partial charge < -0.3 is 9.67 Å². The van der Waals surface area contributed by atoms with Crippen LogP contribution in [-0.4, -0.2) is 9.67 Å². The average molecular weight is 358 g/mol. The molecule has 0 unspecified atom stereocenters. The van der Waals surface area contributed by atoms with E-state index in [1.807, 2.05) is 18.2 Å². The van der Waals surface area contributed by atoms with Gasteiger partial charge in [0, 0.05) is 18.0 Å². The van der Waals surface area contributed by atoms with E-state index in [1.54, 1.807) is 0 Å². The monoisotopic (exact) mass is 357 g/mol. The normalized spacial score (nSPS) is 11.4. The molecule has 2 heteroatoms. The molecular weight excluding hydrogens is 318 g/mol. The zero-order valence-electron chi connectivity index (χ0n) is 16.9. The summed E-state index contributed by atoms with van der Waals surface area (Å²) >= 11 is 0. The summed E-state index contributed by atoms with van der Waals surface area (Å²) in [5.41, 5.74) is 1.15. The van der Waals surface area contributed by atoms with Gasteiger partial charge in [-0.1, -0.05) is 109 Å². The molecule has 0 bridgehead atoms. The second kappa shape index (κ2) is 12.8. The minimum absolute atomic E-state index is 0.404. The Kier molecular flexibility index (Phi) is 10.3. The zero-order valence-corrected chi connectivity index (χ0v) is 16.9. The van der Waals surface area contributed by atoms with Crippen LogP contribution in [0.4, 0.5) is 0 Å². The topological polar surface area (TPSA) is 25.2 Å². The van der Waals surface area contributed by atoms with E-state index in [9.17, 15) is 5.11 Å². The van der Waals surface area contributed by atoms with E-state index in [2.05, 4.69) is 23.6 Å². The minimum Gasteiger partial charge on any atom is -0.494 e. The number of unbranched alkanes of at least 4 members (excludes halogenated alkanes) is 13. The summed E-state index contributed by atoms with van der Waals surface area (Å²) in [6.45, 7) is 3.21. The second-order valence-corrected chi connectivity index (χ2v) is 7.81. The Morgan fingerprint density at radius 1 is 0.692 bits per heavy atom. The van der Waals surface area contributed by atoms with E-state index in [4.69, 9.17) is 0 Å². The minimum atomic E-state index is 0.404. The predicted octanol–water partition coefficient (Wildman–Crippen LogP) is 7.83. The molecule has 146 valence electrons. The number of rotatable bonds is 15. The van der Waals surface area contributed by atoms with Crippen molar-refractivity contribution < 1.29 is 5.11 Å². The summed E-state index contributed by atoms with van der Waals surface area (Å²) in [4.78, 5) is 0. The third-order valence-electron chi connectivity index (χ3n) is 5.52. The highest BCUT2D eigenvalue weighted by Crippen LogP contribution is 2.25.